The molecule has 0 saturated heterocycles. The predicted molar refractivity (Wildman–Crippen MR) is 78.3 cm³/mol. The van der Waals surface area contributed by atoms with Crippen molar-refractivity contribution in [2.75, 3.05) is 6.54 Å². The third kappa shape index (κ3) is 3.29. The fraction of sp³-hybridized carbons (Fsp3) is 0.200. The summed E-state index contributed by atoms with van der Waals surface area (Å²) in [5, 5.41) is 3.80. The van der Waals surface area contributed by atoms with Crippen LogP contribution in [0, 0.1) is 11.6 Å². The van der Waals surface area contributed by atoms with E-state index in [4.69, 9.17) is 23.2 Å². The topological polar surface area (TPSA) is 12.0 Å². The summed E-state index contributed by atoms with van der Waals surface area (Å²) in [7, 11) is 0. The Labute approximate surface area is 126 Å². The molecule has 2 aromatic rings. The molecule has 20 heavy (non-hydrogen) atoms. The molecule has 0 spiro atoms. The quantitative estimate of drug-likeness (QED) is 0.840. The minimum absolute atomic E-state index is 0.312. The molecule has 1 nitrogen and oxygen atoms in total. The molecule has 0 amide bonds. The van der Waals surface area contributed by atoms with Gasteiger partial charge in [0.25, 0.3) is 0 Å². The van der Waals surface area contributed by atoms with Crippen molar-refractivity contribution in [3.8, 4) is 0 Å². The van der Waals surface area contributed by atoms with Gasteiger partial charge < -0.3 is 5.32 Å². The lowest BCUT2D eigenvalue weighted by molar-refractivity contribution is 0.555. The fourth-order valence-corrected chi connectivity index (χ4v) is 2.45. The van der Waals surface area contributed by atoms with Gasteiger partial charge in [0.1, 0.15) is 11.6 Å². The van der Waals surface area contributed by atoms with E-state index in [1.54, 1.807) is 12.1 Å². The summed E-state index contributed by atoms with van der Waals surface area (Å²) in [5.41, 5.74) is 0.874. The maximum absolute atomic E-state index is 14.1. The van der Waals surface area contributed by atoms with Gasteiger partial charge >= 0.3 is 0 Å². The first kappa shape index (κ1) is 15.2. The van der Waals surface area contributed by atoms with E-state index in [9.17, 15) is 8.78 Å². The molecule has 1 N–H and O–H groups in total. The lowest BCUT2D eigenvalue weighted by atomic mass is 9.98. The van der Waals surface area contributed by atoms with Gasteiger partial charge in [-0.15, -0.1) is 0 Å². The van der Waals surface area contributed by atoms with Crippen molar-refractivity contribution < 1.29 is 8.78 Å². The molecule has 0 saturated carbocycles. The molecule has 0 fully saturated rings. The van der Waals surface area contributed by atoms with Crippen molar-refractivity contribution >= 4 is 23.2 Å². The van der Waals surface area contributed by atoms with Crippen molar-refractivity contribution in [3.63, 3.8) is 0 Å². The molecule has 1 atom stereocenters. The van der Waals surface area contributed by atoms with Crippen LogP contribution in [0.25, 0.3) is 0 Å². The molecule has 106 valence electrons. The molecule has 0 bridgehead atoms. The minimum Gasteiger partial charge on any atom is -0.306 e. The summed E-state index contributed by atoms with van der Waals surface area (Å²) in [4.78, 5) is 0. The van der Waals surface area contributed by atoms with Gasteiger partial charge in [0.15, 0.2) is 0 Å². The van der Waals surface area contributed by atoms with Crippen molar-refractivity contribution in [1.29, 1.82) is 0 Å². The van der Waals surface area contributed by atoms with Crippen molar-refractivity contribution in [2.45, 2.75) is 13.0 Å². The molecular weight excluding hydrogens is 303 g/mol. The Kier molecular flexibility index (Phi) is 4.97. The Morgan fingerprint density at radius 1 is 1.05 bits per heavy atom. The van der Waals surface area contributed by atoms with E-state index in [1.165, 1.54) is 24.3 Å². The Morgan fingerprint density at radius 3 is 2.45 bits per heavy atom. The van der Waals surface area contributed by atoms with E-state index in [2.05, 4.69) is 5.32 Å². The van der Waals surface area contributed by atoms with Gasteiger partial charge in [0.05, 0.1) is 6.04 Å². The smallest absolute Gasteiger partial charge is 0.129 e. The molecular formula is C15H13Cl2F2N. The third-order valence-corrected chi connectivity index (χ3v) is 3.53. The van der Waals surface area contributed by atoms with E-state index in [1.807, 2.05) is 6.92 Å². The zero-order valence-corrected chi connectivity index (χ0v) is 12.3. The summed E-state index contributed by atoms with van der Waals surface area (Å²) in [6.07, 6.45) is 0. The fourth-order valence-electron chi connectivity index (χ4n) is 2.06. The molecule has 0 aliphatic rings. The number of hydrogen-bond donors (Lipinski definition) is 1. The maximum Gasteiger partial charge on any atom is 0.129 e. The number of benzene rings is 2. The molecule has 0 heterocycles. The zero-order chi connectivity index (χ0) is 14.7. The minimum atomic E-state index is -0.527. The van der Waals surface area contributed by atoms with Crippen LogP contribution in [-0.2, 0) is 0 Å². The summed E-state index contributed by atoms with van der Waals surface area (Å²) in [5.74, 6) is -0.870. The standard InChI is InChI=1S/C15H13Cl2F2N/c1-2-20-15(11-5-3-9(16)7-14(11)19)12-8-10(18)4-6-13(12)17/h3-8,15,20H,2H2,1H3. The number of nitrogens with one attached hydrogen (secondary N) is 1. The summed E-state index contributed by atoms with van der Waals surface area (Å²) >= 11 is 11.9. The van der Waals surface area contributed by atoms with E-state index in [-0.39, 0.29) is 0 Å². The molecule has 2 aromatic carbocycles. The monoisotopic (exact) mass is 315 g/mol. The van der Waals surface area contributed by atoms with Crippen LogP contribution in [0.2, 0.25) is 10.0 Å². The van der Waals surface area contributed by atoms with Crippen molar-refractivity contribution in [3.05, 3.63) is 69.2 Å². The van der Waals surface area contributed by atoms with Gasteiger partial charge in [-0.3, -0.25) is 0 Å². The van der Waals surface area contributed by atoms with Crippen LogP contribution in [0.4, 0.5) is 8.78 Å². The molecule has 0 aliphatic heterocycles. The molecule has 1 unspecified atom stereocenters. The third-order valence-electron chi connectivity index (χ3n) is 2.95. The largest absolute Gasteiger partial charge is 0.306 e. The van der Waals surface area contributed by atoms with Gasteiger partial charge in [-0.2, -0.15) is 0 Å². The van der Waals surface area contributed by atoms with Gasteiger partial charge in [-0.25, -0.2) is 8.78 Å². The molecule has 5 heteroatoms. The van der Waals surface area contributed by atoms with Crippen molar-refractivity contribution in [1.82, 2.24) is 5.32 Å². The second kappa shape index (κ2) is 6.53. The highest BCUT2D eigenvalue weighted by Crippen LogP contribution is 2.31. The lowest BCUT2D eigenvalue weighted by Crippen LogP contribution is -2.23. The summed E-state index contributed by atoms with van der Waals surface area (Å²) < 4.78 is 27.5. The second-order valence-corrected chi connectivity index (χ2v) is 5.17. The van der Waals surface area contributed by atoms with E-state index < -0.39 is 17.7 Å². The van der Waals surface area contributed by atoms with Crippen LogP contribution in [-0.4, -0.2) is 6.54 Å². The van der Waals surface area contributed by atoms with Crippen LogP contribution in [0.3, 0.4) is 0 Å². The van der Waals surface area contributed by atoms with Crippen LogP contribution in [0.1, 0.15) is 24.1 Å². The SMILES string of the molecule is CCNC(c1ccc(Cl)cc1F)c1cc(F)ccc1Cl. The Balaban J connectivity index is 2.53. The first-order valence-corrected chi connectivity index (χ1v) is 6.91. The average molecular weight is 316 g/mol. The Bertz CT molecular complexity index is 617. The highest BCUT2D eigenvalue weighted by Gasteiger charge is 2.20. The Morgan fingerprint density at radius 2 is 1.80 bits per heavy atom. The van der Waals surface area contributed by atoms with E-state index >= 15 is 0 Å². The van der Waals surface area contributed by atoms with E-state index in [0.717, 1.165) is 0 Å². The zero-order valence-electron chi connectivity index (χ0n) is 10.8. The maximum atomic E-state index is 14.1. The molecule has 2 rings (SSSR count). The predicted octanol–water partition coefficient (Wildman–Crippen LogP) is 4.97. The lowest BCUT2D eigenvalue weighted by Gasteiger charge is -2.21. The van der Waals surface area contributed by atoms with Crippen LogP contribution >= 0.6 is 23.2 Å². The van der Waals surface area contributed by atoms with Gasteiger partial charge in [0, 0.05) is 15.6 Å². The second-order valence-electron chi connectivity index (χ2n) is 4.32. The summed E-state index contributed by atoms with van der Waals surface area (Å²) in [6.45, 7) is 2.47. The van der Waals surface area contributed by atoms with Gasteiger partial charge in [-0.05, 0) is 42.4 Å². The van der Waals surface area contributed by atoms with Crippen LogP contribution in [0.15, 0.2) is 36.4 Å². The summed E-state index contributed by atoms with van der Waals surface area (Å²) in [6, 6.07) is 7.92. The number of halogens is 4. The highest BCUT2D eigenvalue weighted by molar-refractivity contribution is 6.31. The number of hydrogen-bond acceptors (Lipinski definition) is 1. The van der Waals surface area contributed by atoms with E-state index in [0.29, 0.717) is 27.7 Å². The highest BCUT2D eigenvalue weighted by atomic mass is 35.5. The average Bonchev–Trinajstić information content (AvgIpc) is 2.40. The van der Waals surface area contributed by atoms with Gasteiger partial charge in [-0.1, -0.05) is 36.2 Å². The normalized spacial score (nSPS) is 12.4. The first-order chi connectivity index (χ1) is 9.52. The van der Waals surface area contributed by atoms with Crippen LogP contribution < -0.4 is 5.32 Å². The molecule has 0 aromatic heterocycles. The molecule has 0 radical (unpaired) electrons. The first-order valence-electron chi connectivity index (χ1n) is 6.16. The van der Waals surface area contributed by atoms with Crippen molar-refractivity contribution in [2.24, 2.45) is 0 Å². The molecule has 0 aliphatic carbocycles. The number of rotatable bonds is 4. The van der Waals surface area contributed by atoms with Gasteiger partial charge in [0.2, 0.25) is 0 Å². The van der Waals surface area contributed by atoms with Crippen LogP contribution in [0.5, 0.6) is 0 Å². The Hall–Kier alpha value is -1.16.